The predicted octanol–water partition coefficient (Wildman–Crippen LogP) is 7.43. The molecule has 1 fully saturated rings. The van der Waals surface area contributed by atoms with Crippen molar-refractivity contribution in [1.82, 2.24) is 0 Å². The van der Waals surface area contributed by atoms with Crippen molar-refractivity contribution >= 4 is 63.5 Å². The first-order valence-corrected chi connectivity index (χ1v) is 11.4. The number of carbonyl (C=O) groups excluding carboxylic acids is 1. The lowest BCUT2D eigenvalue weighted by Crippen LogP contribution is -2.28. The van der Waals surface area contributed by atoms with Crippen molar-refractivity contribution in [3.05, 3.63) is 92.3 Å². The number of carbonyl (C=O) groups is 1. The number of nitrogens with zero attached hydrogens (tertiary/aromatic N) is 2. The van der Waals surface area contributed by atoms with Gasteiger partial charge in [0.25, 0.3) is 5.91 Å². The van der Waals surface area contributed by atoms with E-state index in [0.717, 1.165) is 16.7 Å². The number of thioether (sulfide) groups is 1. The largest absolute Gasteiger partial charge is 0.496 e. The minimum atomic E-state index is -0.183. The van der Waals surface area contributed by atoms with Crippen LogP contribution in [0, 0.1) is 13.8 Å². The number of para-hydroxylation sites is 1. The molecule has 0 aliphatic carbocycles. The van der Waals surface area contributed by atoms with Crippen molar-refractivity contribution in [3.63, 3.8) is 0 Å². The molecule has 0 spiro atoms. The van der Waals surface area contributed by atoms with Crippen LogP contribution in [0.3, 0.4) is 0 Å². The molecule has 1 saturated heterocycles. The van der Waals surface area contributed by atoms with Crippen molar-refractivity contribution in [3.8, 4) is 5.75 Å². The number of aliphatic imine (C=N–C) groups is 1. The zero-order valence-corrected chi connectivity index (χ0v) is 20.1. The van der Waals surface area contributed by atoms with Gasteiger partial charge in [-0.25, -0.2) is 4.99 Å². The van der Waals surface area contributed by atoms with Crippen molar-refractivity contribution in [1.29, 1.82) is 0 Å². The van der Waals surface area contributed by atoms with E-state index < -0.39 is 0 Å². The number of anilines is 1. The van der Waals surface area contributed by atoms with Gasteiger partial charge in [-0.3, -0.25) is 9.69 Å². The zero-order valence-electron chi connectivity index (χ0n) is 17.7. The highest BCUT2D eigenvalue weighted by atomic mass is 35.5. The molecule has 1 aliphatic rings. The maximum absolute atomic E-state index is 13.5. The molecule has 0 atom stereocenters. The van der Waals surface area contributed by atoms with E-state index in [1.165, 1.54) is 11.8 Å². The van der Waals surface area contributed by atoms with Gasteiger partial charge in [0.2, 0.25) is 0 Å². The van der Waals surface area contributed by atoms with Gasteiger partial charge in [-0.15, -0.1) is 0 Å². The number of rotatable bonds is 4. The molecule has 7 heteroatoms. The van der Waals surface area contributed by atoms with E-state index in [1.807, 2.05) is 68.5 Å². The molecule has 0 saturated carbocycles. The molecular weight excluding hydrogens is 463 g/mol. The van der Waals surface area contributed by atoms with Gasteiger partial charge in [0.1, 0.15) is 5.75 Å². The molecule has 0 bridgehead atoms. The first-order valence-electron chi connectivity index (χ1n) is 9.85. The van der Waals surface area contributed by atoms with Gasteiger partial charge in [-0.1, -0.05) is 53.5 Å². The molecule has 1 amide bonds. The molecule has 162 valence electrons. The average molecular weight is 483 g/mol. The lowest BCUT2D eigenvalue weighted by molar-refractivity contribution is -0.113. The first kappa shape index (κ1) is 22.5. The number of amides is 1. The molecule has 4 nitrogen and oxygen atoms in total. The van der Waals surface area contributed by atoms with E-state index in [2.05, 4.69) is 0 Å². The van der Waals surface area contributed by atoms with E-state index >= 15 is 0 Å². The number of halogens is 2. The van der Waals surface area contributed by atoms with Gasteiger partial charge in [0.15, 0.2) is 5.17 Å². The molecule has 1 aliphatic heterocycles. The van der Waals surface area contributed by atoms with Crippen molar-refractivity contribution in [2.24, 2.45) is 4.99 Å². The zero-order chi connectivity index (χ0) is 22.8. The number of methoxy groups -OCH3 is 1. The SMILES string of the molecule is COc1ccccc1/C=C1/SC(=Nc2ccc(C)c(Cl)c2)N(c2ccc(C)c(Cl)c2)C1=O. The van der Waals surface area contributed by atoms with E-state index in [4.69, 9.17) is 32.9 Å². The van der Waals surface area contributed by atoms with Gasteiger partial charge < -0.3 is 4.74 Å². The fourth-order valence-corrected chi connectivity index (χ4v) is 4.53. The number of benzene rings is 3. The van der Waals surface area contributed by atoms with Crippen LogP contribution in [0.2, 0.25) is 10.0 Å². The smallest absolute Gasteiger partial charge is 0.271 e. The van der Waals surface area contributed by atoms with Crippen LogP contribution in [0.1, 0.15) is 16.7 Å². The van der Waals surface area contributed by atoms with Crippen molar-refractivity contribution in [2.75, 3.05) is 12.0 Å². The molecule has 0 aromatic heterocycles. The number of hydrogen-bond donors (Lipinski definition) is 0. The molecule has 4 rings (SSSR count). The van der Waals surface area contributed by atoms with Crippen LogP contribution in [0.5, 0.6) is 5.75 Å². The topological polar surface area (TPSA) is 41.9 Å². The summed E-state index contributed by atoms with van der Waals surface area (Å²) in [4.78, 5) is 20.3. The molecular formula is C25H20Cl2N2O2S. The second kappa shape index (κ2) is 9.41. The summed E-state index contributed by atoms with van der Waals surface area (Å²) in [6.45, 7) is 3.85. The summed E-state index contributed by atoms with van der Waals surface area (Å²) in [5.74, 6) is 0.506. The Morgan fingerprint density at radius 1 is 0.969 bits per heavy atom. The lowest BCUT2D eigenvalue weighted by Gasteiger charge is -2.16. The summed E-state index contributed by atoms with van der Waals surface area (Å²) in [5.41, 5.74) is 4.02. The molecule has 3 aromatic rings. The number of ether oxygens (including phenoxy) is 1. The Kier molecular flexibility index (Phi) is 6.60. The summed E-state index contributed by atoms with van der Waals surface area (Å²) in [6.07, 6.45) is 1.82. The second-order valence-electron chi connectivity index (χ2n) is 7.25. The Morgan fingerprint density at radius 2 is 1.66 bits per heavy atom. The van der Waals surface area contributed by atoms with E-state index in [1.54, 1.807) is 24.1 Å². The van der Waals surface area contributed by atoms with E-state index in [9.17, 15) is 4.79 Å². The minimum absolute atomic E-state index is 0.183. The summed E-state index contributed by atoms with van der Waals surface area (Å²) in [6, 6.07) is 18.7. The van der Waals surface area contributed by atoms with Gasteiger partial charge in [0.05, 0.1) is 23.4 Å². The highest BCUT2D eigenvalue weighted by molar-refractivity contribution is 8.19. The molecule has 3 aromatic carbocycles. The Hall–Kier alpha value is -2.73. The van der Waals surface area contributed by atoms with Crippen LogP contribution in [-0.4, -0.2) is 18.2 Å². The summed E-state index contributed by atoms with van der Waals surface area (Å²) >= 11 is 13.9. The molecule has 1 heterocycles. The number of aryl methyl sites for hydroxylation is 2. The Morgan fingerprint density at radius 3 is 2.34 bits per heavy atom. The number of hydrogen-bond acceptors (Lipinski definition) is 4. The lowest BCUT2D eigenvalue weighted by atomic mass is 10.1. The Labute approximate surface area is 201 Å². The van der Waals surface area contributed by atoms with Crippen LogP contribution in [-0.2, 0) is 4.79 Å². The third-order valence-corrected chi connectivity index (χ3v) is 6.81. The van der Waals surface area contributed by atoms with Crippen molar-refractivity contribution in [2.45, 2.75) is 13.8 Å². The molecule has 0 unspecified atom stereocenters. The quantitative estimate of drug-likeness (QED) is 0.363. The fraction of sp³-hybridized carbons (Fsp3) is 0.120. The first-order chi connectivity index (χ1) is 15.4. The molecule has 32 heavy (non-hydrogen) atoms. The van der Waals surface area contributed by atoms with Gasteiger partial charge >= 0.3 is 0 Å². The third kappa shape index (κ3) is 4.56. The van der Waals surface area contributed by atoms with Gasteiger partial charge in [-0.05, 0) is 73.1 Å². The molecule has 0 N–H and O–H groups in total. The Bertz CT molecular complexity index is 1270. The minimum Gasteiger partial charge on any atom is -0.496 e. The summed E-state index contributed by atoms with van der Waals surface area (Å²) in [5, 5.41) is 1.73. The van der Waals surface area contributed by atoms with Crippen LogP contribution in [0.15, 0.2) is 70.6 Å². The monoisotopic (exact) mass is 482 g/mol. The van der Waals surface area contributed by atoms with Crippen LogP contribution < -0.4 is 9.64 Å². The van der Waals surface area contributed by atoms with E-state index in [0.29, 0.717) is 37.2 Å². The van der Waals surface area contributed by atoms with Gasteiger partial charge in [-0.2, -0.15) is 0 Å². The standard InChI is InChI=1S/C25H20Cl2N2O2S/c1-15-8-10-18(13-20(15)26)28-25-29(19-11-9-16(2)21(27)14-19)24(30)23(32-25)12-17-6-4-5-7-22(17)31-3/h4-14H,1-3H3/b23-12+,28-25?. The molecule has 0 radical (unpaired) electrons. The predicted molar refractivity (Wildman–Crippen MR) is 136 cm³/mol. The Balaban J connectivity index is 1.82. The van der Waals surface area contributed by atoms with Crippen molar-refractivity contribution < 1.29 is 9.53 Å². The fourth-order valence-electron chi connectivity index (χ4n) is 3.19. The normalized spacial score (nSPS) is 16.3. The summed E-state index contributed by atoms with van der Waals surface area (Å²) < 4.78 is 5.44. The highest BCUT2D eigenvalue weighted by Crippen LogP contribution is 2.39. The highest BCUT2D eigenvalue weighted by Gasteiger charge is 2.35. The third-order valence-electron chi connectivity index (χ3n) is 5.03. The van der Waals surface area contributed by atoms with Crippen LogP contribution in [0.4, 0.5) is 11.4 Å². The average Bonchev–Trinajstić information content (AvgIpc) is 3.07. The van der Waals surface area contributed by atoms with Gasteiger partial charge in [0, 0.05) is 15.6 Å². The second-order valence-corrected chi connectivity index (χ2v) is 9.08. The number of amidine groups is 1. The summed E-state index contributed by atoms with van der Waals surface area (Å²) in [7, 11) is 1.61. The van der Waals surface area contributed by atoms with Crippen LogP contribution >= 0.6 is 35.0 Å². The maximum atomic E-state index is 13.5. The maximum Gasteiger partial charge on any atom is 0.271 e. The van der Waals surface area contributed by atoms with E-state index in [-0.39, 0.29) is 5.91 Å². The van der Waals surface area contributed by atoms with Crippen LogP contribution in [0.25, 0.3) is 6.08 Å².